The summed E-state index contributed by atoms with van der Waals surface area (Å²) in [5, 5.41) is 12.6. The zero-order valence-corrected chi connectivity index (χ0v) is 10.1. The van der Waals surface area contributed by atoms with Crippen molar-refractivity contribution in [2.75, 3.05) is 0 Å². The van der Waals surface area contributed by atoms with Crippen molar-refractivity contribution < 1.29 is 14.4 Å². The summed E-state index contributed by atoms with van der Waals surface area (Å²) in [7, 11) is 0. The summed E-state index contributed by atoms with van der Waals surface area (Å²) >= 11 is 0. The Bertz CT molecular complexity index is 738. The van der Waals surface area contributed by atoms with E-state index in [2.05, 4.69) is 20.1 Å². The highest BCUT2D eigenvalue weighted by molar-refractivity contribution is 5.88. The number of rotatable bonds is 3. The Labute approximate surface area is 112 Å². The molecule has 20 heavy (non-hydrogen) atoms. The number of hydrogen-bond donors (Lipinski definition) is 1. The summed E-state index contributed by atoms with van der Waals surface area (Å²) in [6.45, 7) is 0. The molecule has 98 valence electrons. The average Bonchev–Trinajstić information content (AvgIpc) is 2.98. The van der Waals surface area contributed by atoms with Crippen LogP contribution in [-0.2, 0) is 0 Å². The molecule has 3 aromatic rings. The second-order valence-electron chi connectivity index (χ2n) is 3.88. The molecular weight excluding hydrogens is 260 g/mol. The Hall–Kier alpha value is -3.09. The molecule has 0 saturated carbocycles. The van der Waals surface area contributed by atoms with Crippen LogP contribution in [0.25, 0.3) is 23.1 Å². The first-order valence-electron chi connectivity index (χ1n) is 5.69. The third-order valence-corrected chi connectivity index (χ3v) is 2.57. The molecule has 0 unspecified atom stereocenters. The van der Waals surface area contributed by atoms with Gasteiger partial charge in [-0.1, -0.05) is 5.16 Å². The fourth-order valence-corrected chi connectivity index (χ4v) is 1.60. The fourth-order valence-electron chi connectivity index (χ4n) is 1.60. The van der Waals surface area contributed by atoms with Crippen molar-refractivity contribution in [3.63, 3.8) is 0 Å². The van der Waals surface area contributed by atoms with E-state index in [1.54, 1.807) is 30.6 Å². The topological polar surface area (TPSA) is 102 Å². The molecule has 7 nitrogen and oxygen atoms in total. The molecule has 0 aliphatic rings. The average molecular weight is 268 g/mol. The number of benzene rings is 1. The van der Waals surface area contributed by atoms with Crippen molar-refractivity contribution in [2.24, 2.45) is 0 Å². The van der Waals surface area contributed by atoms with Crippen molar-refractivity contribution >= 4 is 5.97 Å². The number of nitrogens with zero attached hydrogens (tertiary/aromatic N) is 4. The number of aromatic carboxylic acids is 1. The summed E-state index contributed by atoms with van der Waals surface area (Å²) < 4.78 is 5.12. The van der Waals surface area contributed by atoms with Crippen molar-refractivity contribution in [3.05, 3.63) is 48.3 Å². The predicted octanol–water partition coefficient (Wildman–Crippen LogP) is 1.89. The summed E-state index contributed by atoms with van der Waals surface area (Å²) in [6, 6.07) is 7.84. The third kappa shape index (κ3) is 2.24. The summed E-state index contributed by atoms with van der Waals surface area (Å²) in [6.07, 6.45) is 3.17. The molecule has 0 amide bonds. The molecule has 0 aliphatic carbocycles. The first kappa shape index (κ1) is 12.0. The zero-order valence-electron chi connectivity index (χ0n) is 10.1. The van der Waals surface area contributed by atoms with Gasteiger partial charge in [-0.25, -0.2) is 14.8 Å². The van der Waals surface area contributed by atoms with E-state index >= 15 is 0 Å². The highest BCUT2D eigenvalue weighted by Crippen LogP contribution is 2.20. The van der Waals surface area contributed by atoms with Gasteiger partial charge in [0.25, 0.3) is 5.89 Å². The summed E-state index contributed by atoms with van der Waals surface area (Å²) in [4.78, 5) is 23.0. The van der Waals surface area contributed by atoms with E-state index in [-0.39, 0.29) is 17.3 Å². The van der Waals surface area contributed by atoms with Crippen LogP contribution in [0.15, 0.2) is 47.2 Å². The second-order valence-corrected chi connectivity index (χ2v) is 3.88. The molecular formula is C13H8N4O3. The molecule has 0 atom stereocenters. The summed E-state index contributed by atoms with van der Waals surface area (Å²) in [5.41, 5.74) is 0.824. The second kappa shape index (κ2) is 4.88. The highest BCUT2D eigenvalue weighted by atomic mass is 16.5. The lowest BCUT2D eigenvalue weighted by Gasteiger charge is -1.95. The van der Waals surface area contributed by atoms with Crippen LogP contribution in [0.3, 0.4) is 0 Å². The Morgan fingerprint density at radius 3 is 2.40 bits per heavy atom. The van der Waals surface area contributed by atoms with E-state index in [4.69, 9.17) is 9.63 Å². The van der Waals surface area contributed by atoms with Crippen molar-refractivity contribution in [1.29, 1.82) is 0 Å². The lowest BCUT2D eigenvalue weighted by Crippen LogP contribution is -1.95. The molecule has 0 fully saturated rings. The largest absolute Gasteiger partial charge is 0.478 e. The van der Waals surface area contributed by atoms with Crippen molar-refractivity contribution in [2.45, 2.75) is 0 Å². The van der Waals surface area contributed by atoms with Gasteiger partial charge in [0.15, 0.2) is 0 Å². The normalized spacial score (nSPS) is 10.4. The minimum atomic E-state index is -0.986. The van der Waals surface area contributed by atoms with Crippen LogP contribution in [0.1, 0.15) is 10.4 Å². The van der Waals surface area contributed by atoms with Gasteiger partial charge in [-0.3, -0.25) is 0 Å². The minimum Gasteiger partial charge on any atom is -0.478 e. The molecule has 0 bridgehead atoms. The van der Waals surface area contributed by atoms with E-state index in [0.717, 1.165) is 0 Å². The maximum atomic E-state index is 10.8. The van der Waals surface area contributed by atoms with E-state index in [1.165, 1.54) is 12.1 Å². The van der Waals surface area contributed by atoms with Gasteiger partial charge in [0.1, 0.15) is 0 Å². The van der Waals surface area contributed by atoms with Gasteiger partial charge >= 0.3 is 5.97 Å². The number of aromatic nitrogens is 4. The van der Waals surface area contributed by atoms with Crippen LogP contribution < -0.4 is 0 Å². The molecule has 0 saturated heterocycles. The Morgan fingerprint density at radius 2 is 1.75 bits per heavy atom. The van der Waals surface area contributed by atoms with Crippen LogP contribution in [0.2, 0.25) is 0 Å². The first-order valence-corrected chi connectivity index (χ1v) is 5.69. The highest BCUT2D eigenvalue weighted by Gasteiger charge is 2.12. The van der Waals surface area contributed by atoms with Crippen molar-refractivity contribution in [1.82, 2.24) is 20.1 Å². The number of carboxylic acid groups (broad SMARTS) is 1. The quantitative estimate of drug-likeness (QED) is 0.773. The predicted molar refractivity (Wildman–Crippen MR) is 67.7 cm³/mol. The monoisotopic (exact) mass is 268 g/mol. The van der Waals surface area contributed by atoms with Gasteiger partial charge in [-0.05, 0) is 30.3 Å². The van der Waals surface area contributed by atoms with Gasteiger partial charge < -0.3 is 9.63 Å². The first-order chi connectivity index (χ1) is 9.74. The van der Waals surface area contributed by atoms with Crippen LogP contribution in [0.5, 0.6) is 0 Å². The lowest BCUT2D eigenvalue weighted by molar-refractivity contribution is 0.0697. The minimum absolute atomic E-state index is 0.194. The molecule has 1 N–H and O–H groups in total. The van der Waals surface area contributed by atoms with E-state index in [9.17, 15) is 4.79 Å². The number of carbonyl (C=O) groups is 1. The maximum absolute atomic E-state index is 10.8. The van der Waals surface area contributed by atoms with Crippen LogP contribution >= 0.6 is 0 Å². The fraction of sp³-hybridized carbons (Fsp3) is 0. The molecule has 2 aromatic heterocycles. The van der Waals surface area contributed by atoms with Gasteiger partial charge in [0.05, 0.1) is 5.56 Å². The van der Waals surface area contributed by atoms with Crippen LogP contribution in [0, 0.1) is 0 Å². The molecule has 0 radical (unpaired) electrons. The van der Waals surface area contributed by atoms with Gasteiger partial charge in [-0.15, -0.1) is 0 Å². The smallest absolute Gasteiger partial charge is 0.335 e. The molecule has 3 rings (SSSR count). The SMILES string of the molecule is O=C(O)c1ccc(-c2nc(-c3ncccn3)no2)cc1. The van der Waals surface area contributed by atoms with E-state index in [1.807, 2.05) is 0 Å². The van der Waals surface area contributed by atoms with Gasteiger partial charge in [0.2, 0.25) is 11.6 Å². The van der Waals surface area contributed by atoms with Crippen LogP contribution in [0.4, 0.5) is 0 Å². The van der Waals surface area contributed by atoms with Crippen LogP contribution in [-0.4, -0.2) is 31.2 Å². The number of carboxylic acids is 1. The Balaban J connectivity index is 1.92. The molecule has 2 heterocycles. The molecule has 7 heteroatoms. The Morgan fingerprint density at radius 1 is 1.05 bits per heavy atom. The standard InChI is InChI=1S/C13H8N4O3/c18-13(19)9-4-2-8(3-5-9)12-16-11(17-20-12)10-14-6-1-7-15-10/h1-7H,(H,18,19). The van der Waals surface area contributed by atoms with Crippen molar-refractivity contribution in [3.8, 4) is 23.1 Å². The Kier molecular flexibility index (Phi) is 2.92. The molecule has 1 aromatic carbocycles. The summed E-state index contributed by atoms with van der Waals surface area (Å²) in [5.74, 6) is -0.0580. The molecule has 0 spiro atoms. The van der Waals surface area contributed by atoms with E-state index in [0.29, 0.717) is 11.4 Å². The number of hydrogen-bond acceptors (Lipinski definition) is 6. The van der Waals surface area contributed by atoms with Gasteiger partial charge in [0, 0.05) is 18.0 Å². The maximum Gasteiger partial charge on any atom is 0.335 e. The third-order valence-electron chi connectivity index (χ3n) is 2.57. The van der Waals surface area contributed by atoms with E-state index < -0.39 is 5.97 Å². The van der Waals surface area contributed by atoms with Gasteiger partial charge in [-0.2, -0.15) is 4.98 Å². The zero-order chi connectivity index (χ0) is 13.9. The lowest BCUT2D eigenvalue weighted by atomic mass is 10.1. The molecule has 0 aliphatic heterocycles.